The van der Waals surface area contributed by atoms with Gasteiger partial charge in [-0.15, -0.1) is 0 Å². The molecule has 1 aromatic rings. The highest BCUT2D eigenvalue weighted by molar-refractivity contribution is 7.07. The molecule has 1 saturated heterocycles. The van der Waals surface area contributed by atoms with Gasteiger partial charge in [0.15, 0.2) is 0 Å². The summed E-state index contributed by atoms with van der Waals surface area (Å²) in [6.45, 7) is 3.19. The molecule has 2 rings (SSSR count). The van der Waals surface area contributed by atoms with E-state index in [-0.39, 0.29) is 12.3 Å². The third-order valence-electron chi connectivity index (χ3n) is 2.77. The maximum Gasteiger partial charge on any atom is 0.225 e. The number of carbonyl (C=O) groups is 1. The number of nitrogens with one attached hydrogen (secondary N) is 1. The normalized spacial score (nSPS) is 18.4. The van der Waals surface area contributed by atoms with Crippen molar-refractivity contribution in [2.75, 3.05) is 26.2 Å². The lowest BCUT2D eigenvalue weighted by Gasteiger charge is -2.28. The lowest BCUT2D eigenvalue weighted by Crippen LogP contribution is -2.46. The predicted octanol–water partition coefficient (Wildman–Crippen LogP) is 0.603. The molecule has 2 heterocycles. The fourth-order valence-electron chi connectivity index (χ4n) is 1.79. The van der Waals surface area contributed by atoms with Gasteiger partial charge in [0.05, 0.1) is 12.5 Å². The van der Waals surface area contributed by atoms with Crippen molar-refractivity contribution in [3.8, 4) is 0 Å². The Hall–Kier alpha value is -0.910. The summed E-state index contributed by atoms with van der Waals surface area (Å²) < 4.78 is 0. The first-order valence-corrected chi connectivity index (χ1v) is 6.40. The van der Waals surface area contributed by atoms with E-state index in [1.807, 2.05) is 21.7 Å². The highest BCUT2D eigenvalue weighted by atomic mass is 32.1. The summed E-state index contributed by atoms with van der Waals surface area (Å²) in [7, 11) is 0. The van der Waals surface area contributed by atoms with Gasteiger partial charge >= 0.3 is 0 Å². The van der Waals surface area contributed by atoms with Crippen LogP contribution in [0.5, 0.6) is 0 Å². The van der Waals surface area contributed by atoms with Crippen molar-refractivity contribution >= 4 is 17.2 Å². The average Bonchev–Trinajstić information content (AvgIpc) is 2.83. The van der Waals surface area contributed by atoms with Gasteiger partial charge in [0.1, 0.15) is 0 Å². The summed E-state index contributed by atoms with van der Waals surface area (Å²) >= 11 is 1.54. The Balaban J connectivity index is 1.86. The first-order chi connectivity index (χ1) is 7.77. The zero-order chi connectivity index (χ0) is 11.4. The number of nitrogens with zero attached hydrogens (tertiary/aromatic N) is 1. The third-order valence-corrected chi connectivity index (χ3v) is 3.47. The Morgan fingerprint density at radius 2 is 2.31 bits per heavy atom. The molecule has 5 heteroatoms. The van der Waals surface area contributed by atoms with Crippen LogP contribution < -0.4 is 5.32 Å². The van der Waals surface area contributed by atoms with E-state index in [4.69, 9.17) is 0 Å². The first kappa shape index (κ1) is 11.6. The highest BCUT2D eigenvalue weighted by Gasteiger charge is 2.20. The van der Waals surface area contributed by atoms with E-state index >= 15 is 0 Å². The van der Waals surface area contributed by atoms with Gasteiger partial charge in [0, 0.05) is 26.2 Å². The Morgan fingerprint density at radius 3 is 2.94 bits per heavy atom. The molecule has 88 valence electrons. The zero-order valence-corrected chi connectivity index (χ0v) is 9.87. The fourth-order valence-corrected chi connectivity index (χ4v) is 2.50. The molecule has 1 atom stereocenters. The Morgan fingerprint density at radius 1 is 1.56 bits per heavy atom. The number of aliphatic hydroxyl groups is 1. The van der Waals surface area contributed by atoms with Gasteiger partial charge in [0.2, 0.25) is 5.91 Å². The Labute approximate surface area is 98.9 Å². The van der Waals surface area contributed by atoms with Crippen LogP contribution >= 0.6 is 11.3 Å². The van der Waals surface area contributed by atoms with E-state index in [0.717, 1.165) is 31.7 Å². The summed E-state index contributed by atoms with van der Waals surface area (Å²) in [5.74, 6) is 0.0419. The van der Waals surface area contributed by atoms with Crippen LogP contribution in [0.15, 0.2) is 16.8 Å². The standard InChI is InChI=1S/C11H16N2O2S/c14-10(9-1-6-16-8-9)7-11(15)13-4-2-12-3-5-13/h1,6,8,10,12,14H,2-5,7H2. The van der Waals surface area contributed by atoms with Crippen molar-refractivity contribution < 1.29 is 9.90 Å². The van der Waals surface area contributed by atoms with E-state index in [1.54, 1.807) is 0 Å². The number of hydrogen-bond donors (Lipinski definition) is 2. The van der Waals surface area contributed by atoms with Crippen molar-refractivity contribution in [3.05, 3.63) is 22.4 Å². The number of aliphatic hydroxyl groups excluding tert-OH is 1. The Bertz CT molecular complexity index is 334. The molecule has 2 N–H and O–H groups in total. The van der Waals surface area contributed by atoms with E-state index in [9.17, 15) is 9.90 Å². The first-order valence-electron chi connectivity index (χ1n) is 5.46. The lowest BCUT2D eigenvalue weighted by atomic mass is 10.1. The molecule has 0 aromatic carbocycles. The molecular weight excluding hydrogens is 224 g/mol. The molecule has 0 radical (unpaired) electrons. The third kappa shape index (κ3) is 2.81. The molecule has 1 aliphatic heterocycles. The fraction of sp³-hybridized carbons (Fsp3) is 0.545. The molecule has 1 aromatic heterocycles. The van der Waals surface area contributed by atoms with Gasteiger partial charge in [-0.25, -0.2) is 0 Å². The molecular formula is C11H16N2O2S. The van der Waals surface area contributed by atoms with Crippen LogP contribution in [0.25, 0.3) is 0 Å². The molecule has 1 unspecified atom stereocenters. The van der Waals surface area contributed by atoms with Gasteiger partial charge in [-0.05, 0) is 22.4 Å². The molecule has 0 saturated carbocycles. The highest BCUT2D eigenvalue weighted by Crippen LogP contribution is 2.20. The lowest BCUT2D eigenvalue weighted by molar-refractivity contribution is -0.133. The number of rotatable bonds is 3. The van der Waals surface area contributed by atoms with E-state index in [0.29, 0.717) is 0 Å². The SMILES string of the molecule is O=C(CC(O)c1ccsc1)N1CCNCC1. The molecule has 1 fully saturated rings. The summed E-state index contributed by atoms with van der Waals surface area (Å²) in [5.41, 5.74) is 0.841. The molecule has 4 nitrogen and oxygen atoms in total. The van der Waals surface area contributed by atoms with Crippen molar-refractivity contribution in [2.45, 2.75) is 12.5 Å². The number of amides is 1. The zero-order valence-electron chi connectivity index (χ0n) is 9.06. The number of hydrogen-bond acceptors (Lipinski definition) is 4. The smallest absolute Gasteiger partial charge is 0.225 e. The van der Waals surface area contributed by atoms with E-state index in [1.165, 1.54) is 11.3 Å². The van der Waals surface area contributed by atoms with E-state index in [2.05, 4.69) is 5.32 Å². The second kappa shape index (κ2) is 5.43. The predicted molar refractivity (Wildman–Crippen MR) is 63.3 cm³/mol. The minimum atomic E-state index is -0.659. The van der Waals surface area contributed by atoms with Crippen LogP contribution in [-0.2, 0) is 4.79 Å². The van der Waals surface area contributed by atoms with Crippen molar-refractivity contribution in [1.29, 1.82) is 0 Å². The van der Waals surface area contributed by atoms with E-state index < -0.39 is 6.10 Å². The van der Waals surface area contributed by atoms with Gasteiger partial charge in [-0.3, -0.25) is 4.79 Å². The summed E-state index contributed by atoms with van der Waals surface area (Å²) in [4.78, 5) is 13.7. The topological polar surface area (TPSA) is 52.6 Å². The Kier molecular flexibility index (Phi) is 3.93. The van der Waals surface area contributed by atoms with Gasteiger partial charge in [-0.2, -0.15) is 11.3 Å². The van der Waals surface area contributed by atoms with Crippen molar-refractivity contribution in [1.82, 2.24) is 10.2 Å². The quantitative estimate of drug-likeness (QED) is 0.813. The minimum absolute atomic E-state index is 0.0419. The largest absolute Gasteiger partial charge is 0.388 e. The summed E-state index contributed by atoms with van der Waals surface area (Å²) in [6, 6.07) is 1.86. The van der Waals surface area contributed by atoms with Crippen LogP contribution in [0.4, 0.5) is 0 Å². The average molecular weight is 240 g/mol. The number of thiophene rings is 1. The van der Waals surface area contributed by atoms with Crippen molar-refractivity contribution in [2.24, 2.45) is 0 Å². The summed E-state index contributed by atoms with van der Waals surface area (Å²) in [6.07, 6.45) is -0.467. The summed E-state index contributed by atoms with van der Waals surface area (Å²) in [5, 5.41) is 16.8. The van der Waals surface area contributed by atoms with Crippen LogP contribution in [-0.4, -0.2) is 42.1 Å². The molecule has 0 bridgehead atoms. The second-order valence-corrected chi connectivity index (χ2v) is 4.69. The van der Waals surface area contributed by atoms with Crippen LogP contribution in [0, 0.1) is 0 Å². The molecule has 1 amide bonds. The van der Waals surface area contributed by atoms with Crippen molar-refractivity contribution in [3.63, 3.8) is 0 Å². The maximum absolute atomic E-state index is 11.8. The second-order valence-electron chi connectivity index (χ2n) is 3.91. The maximum atomic E-state index is 11.8. The van der Waals surface area contributed by atoms with Crippen LogP contribution in [0.1, 0.15) is 18.1 Å². The molecule has 1 aliphatic rings. The van der Waals surface area contributed by atoms with Gasteiger partial charge in [0.25, 0.3) is 0 Å². The number of piperazine rings is 1. The monoisotopic (exact) mass is 240 g/mol. The van der Waals surface area contributed by atoms with Gasteiger partial charge in [-0.1, -0.05) is 0 Å². The number of carbonyl (C=O) groups excluding carboxylic acids is 1. The minimum Gasteiger partial charge on any atom is -0.388 e. The molecule has 16 heavy (non-hydrogen) atoms. The van der Waals surface area contributed by atoms with Gasteiger partial charge < -0.3 is 15.3 Å². The van der Waals surface area contributed by atoms with Crippen LogP contribution in [0.3, 0.4) is 0 Å². The van der Waals surface area contributed by atoms with Crippen LogP contribution in [0.2, 0.25) is 0 Å². The molecule has 0 spiro atoms. The molecule has 0 aliphatic carbocycles.